The van der Waals surface area contributed by atoms with Gasteiger partial charge in [-0.1, -0.05) is 29.4 Å². The van der Waals surface area contributed by atoms with Gasteiger partial charge in [-0.25, -0.2) is 0 Å². The van der Waals surface area contributed by atoms with Crippen LogP contribution < -0.4 is 0 Å². The molecule has 0 atom stereocenters. The van der Waals surface area contributed by atoms with E-state index in [0.717, 1.165) is 30.5 Å². The smallest absolute Gasteiger partial charge is 0.222 e. The van der Waals surface area contributed by atoms with Gasteiger partial charge in [-0.3, -0.25) is 4.79 Å². The molecule has 0 aliphatic carbocycles. The highest BCUT2D eigenvalue weighted by molar-refractivity contribution is 5.76. The van der Waals surface area contributed by atoms with Crippen molar-refractivity contribution in [1.29, 1.82) is 0 Å². The number of carbonyl (C=O) groups excluding carboxylic acids is 1. The Morgan fingerprint density at radius 1 is 1.21 bits per heavy atom. The van der Waals surface area contributed by atoms with Crippen molar-refractivity contribution >= 4 is 5.91 Å². The van der Waals surface area contributed by atoms with Crippen LogP contribution in [0, 0.1) is 0 Å². The van der Waals surface area contributed by atoms with Crippen LogP contribution in [-0.2, 0) is 11.3 Å². The molecule has 0 spiro atoms. The first-order chi connectivity index (χ1) is 9.33. The minimum Gasteiger partial charge on any atom is -0.342 e. The molecule has 1 aromatic heterocycles. The Morgan fingerprint density at radius 3 is 2.74 bits per heavy atom. The molecule has 1 fully saturated rings. The van der Waals surface area contributed by atoms with E-state index in [9.17, 15) is 4.79 Å². The average Bonchev–Trinajstić information content (AvgIpc) is 2.96. The van der Waals surface area contributed by atoms with Crippen LogP contribution in [0.25, 0.3) is 11.4 Å². The first-order valence-corrected chi connectivity index (χ1v) is 6.46. The fourth-order valence-corrected chi connectivity index (χ4v) is 2.31. The second kappa shape index (κ2) is 5.22. The van der Waals surface area contributed by atoms with Crippen LogP contribution in [-0.4, -0.2) is 27.5 Å². The van der Waals surface area contributed by atoms with Crippen LogP contribution >= 0.6 is 0 Å². The van der Waals surface area contributed by atoms with Gasteiger partial charge in [-0.2, -0.15) is 4.98 Å². The molecule has 2 heterocycles. The normalized spacial score (nSPS) is 15.8. The molecule has 0 unspecified atom stereocenters. The molecule has 1 aromatic carbocycles. The number of nitrogens with zero attached hydrogens (tertiary/aromatic N) is 3. The SMILES string of the molecule is O=C1CCCCN1Cc1ccc(-c2ncon2)cc1. The van der Waals surface area contributed by atoms with Crippen molar-refractivity contribution in [2.75, 3.05) is 6.54 Å². The van der Waals surface area contributed by atoms with Crippen LogP contribution in [0.2, 0.25) is 0 Å². The summed E-state index contributed by atoms with van der Waals surface area (Å²) < 4.78 is 4.72. The number of piperidine rings is 1. The van der Waals surface area contributed by atoms with Crippen molar-refractivity contribution in [3.05, 3.63) is 36.2 Å². The van der Waals surface area contributed by atoms with E-state index in [1.165, 1.54) is 6.39 Å². The Balaban J connectivity index is 1.70. The van der Waals surface area contributed by atoms with Gasteiger partial charge < -0.3 is 9.42 Å². The van der Waals surface area contributed by atoms with E-state index in [2.05, 4.69) is 10.1 Å². The summed E-state index contributed by atoms with van der Waals surface area (Å²) in [5.41, 5.74) is 2.05. The van der Waals surface area contributed by atoms with E-state index in [1.807, 2.05) is 29.2 Å². The van der Waals surface area contributed by atoms with Gasteiger partial charge in [0.1, 0.15) is 0 Å². The molecule has 3 rings (SSSR count). The number of benzene rings is 1. The Bertz CT molecular complexity index is 549. The van der Waals surface area contributed by atoms with Crippen LogP contribution in [0.4, 0.5) is 0 Å². The van der Waals surface area contributed by atoms with Crippen molar-refractivity contribution in [1.82, 2.24) is 15.0 Å². The third-order valence-corrected chi connectivity index (χ3v) is 3.37. The van der Waals surface area contributed by atoms with E-state index >= 15 is 0 Å². The highest BCUT2D eigenvalue weighted by atomic mass is 16.5. The molecule has 5 nitrogen and oxygen atoms in total. The molecule has 98 valence electrons. The third kappa shape index (κ3) is 2.65. The van der Waals surface area contributed by atoms with Crippen LogP contribution in [0.3, 0.4) is 0 Å². The lowest BCUT2D eigenvalue weighted by atomic mass is 10.1. The topological polar surface area (TPSA) is 59.2 Å². The molecule has 5 heteroatoms. The van der Waals surface area contributed by atoms with Crippen LogP contribution in [0.1, 0.15) is 24.8 Å². The maximum atomic E-state index is 11.7. The van der Waals surface area contributed by atoms with Crippen molar-refractivity contribution < 1.29 is 9.32 Å². The Labute approximate surface area is 111 Å². The quantitative estimate of drug-likeness (QED) is 0.846. The fourth-order valence-electron chi connectivity index (χ4n) is 2.31. The molecular weight excluding hydrogens is 242 g/mol. The second-order valence-electron chi connectivity index (χ2n) is 4.72. The standard InChI is InChI=1S/C14H15N3O2/c18-13-3-1-2-8-17(13)9-11-4-6-12(7-5-11)14-15-10-19-16-14/h4-7,10H,1-3,8-9H2. The maximum Gasteiger partial charge on any atom is 0.222 e. The van der Waals surface area contributed by atoms with E-state index in [4.69, 9.17) is 4.52 Å². The van der Waals surface area contributed by atoms with Crippen molar-refractivity contribution in [2.24, 2.45) is 0 Å². The maximum absolute atomic E-state index is 11.7. The lowest BCUT2D eigenvalue weighted by molar-refractivity contribution is -0.133. The summed E-state index contributed by atoms with van der Waals surface area (Å²) in [6.07, 6.45) is 4.12. The van der Waals surface area contributed by atoms with Crippen molar-refractivity contribution in [2.45, 2.75) is 25.8 Å². The summed E-state index contributed by atoms with van der Waals surface area (Å²) in [5.74, 6) is 0.842. The largest absolute Gasteiger partial charge is 0.342 e. The van der Waals surface area contributed by atoms with Crippen LogP contribution in [0.15, 0.2) is 35.2 Å². The lowest BCUT2D eigenvalue weighted by Gasteiger charge is -2.26. The van der Waals surface area contributed by atoms with Crippen molar-refractivity contribution in [3.63, 3.8) is 0 Å². The molecule has 0 N–H and O–H groups in total. The summed E-state index contributed by atoms with van der Waals surface area (Å²) >= 11 is 0. The Hall–Kier alpha value is -2.17. The second-order valence-corrected chi connectivity index (χ2v) is 4.72. The zero-order valence-electron chi connectivity index (χ0n) is 10.6. The Morgan fingerprint density at radius 2 is 2.05 bits per heavy atom. The monoisotopic (exact) mass is 257 g/mol. The fraction of sp³-hybridized carbons (Fsp3) is 0.357. The van der Waals surface area contributed by atoms with Gasteiger partial charge in [-0.05, 0) is 18.4 Å². The highest BCUT2D eigenvalue weighted by Gasteiger charge is 2.17. The van der Waals surface area contributed by atoms with E-state index in [1.54, 1.807) is 0 Å². The summed E-state index contributed by atoms with van der Waals surface area (Å²) in [6.45, 7) is 1.55. The Kier molecular flexibility index (Phi) is 3.27. The molecule has 1 amide bonds. The van der Waals surface area contributed by atoms with E-state index in [-0.39, 0.29) is 5.91 Å². The molecule has 1 saturated heterocycles. The first kappa shape index (κ1) is 11.9. The van der Waals surface area contributed by atoms with Gasteiger partial charge in [0.15, 0.2) is 0 Å². The molecule has 19 heavy (non-hydrogen) atoms. The summed E-state index contributed by atoms with van der Waals surface area (Å²) in [5, 5.41) is 3.79. The number of carbonyl (C=O) groups is 1. The molecular formula is C14H15N3O2. The van der Waals surface area contributed by atoms with Gasteiger partial charge in [0.05, 0.1) is 0 Å². The van der Waals surface area contributed by atoms with E-state index in [0.29, 0.717) is 18.8 Å². The predicted molar refractivity (Wildman–Crippen MR) is 69.0 cm³/mol. The lowest BCUT2D eigenvalue weighted by Crippen LogP contribution is -2.34. The number of amides is 1. The summed E-state index contributed by atoms with van der Waals surface area (Å²) in [6, 6.07) is 7.92. The molecule has 0 saturated carbocycles. The van der Waals surface area contributed by atoms with E-state index < -0.39 is 0 Å². The number of hydrogen-bond donors (Lipinski definition) is 0. The molecule has 1 aliphatic rings. The predicted octanol–water partition coefficient (Wildman–Crippen LogP) is 2.25. The minimum absolute atomic E-state index is 0.258. The number of rotatable bonds is 3. The van der Waals surface area contributed by atoms with Gasteiger partial charge in [-0.15, -0.1) is 0 Å². The molecule has 0 radical (unpaired) electrons. The molecule has 0 bridgehead atoms. The van der Waals surface area contributed by atoms with Gasteiger partial charge >= 0.3 is 0 Å². The third-order valence-electron chi connectivity index (χ3n) is 3.37. The number of hydrogen-bond acceptors (Lipinski definition) is 4. The summed E-state index contributed by atoms with van der Waals surface area (Å²) in [7, 11) is 0. The number of likely N-dealkylation sites (tertiary alicyclic amines) is 1. The average molecular weight is 257 g/mol. The van der Waals surface area contributed by atoms with Gasteiger partial charge in [0, 0.05) is 25.1 Å². The highest BCUT2D eigenvalue weighted by Crippen LogP contribution is 2.18. The summed E-state index contributed by atoms with van der Waals surface area (Å²) in [4.78, 5) is 17.7. The molecule has 2 aromatic rings. The first-order valence-electron chi connectivity index (χ1n) is 6.46. The zero-order chi connectivity index (χ0) is 13.1. The van der Waals surface area contributed by atoms with Crippen molar-refractivity contribution in [3.8, 4) is 11.4 Å². The number of aromatic nitrogens is 2. The van der Waals surface area contributed by atoms with Gasteiger partial charge in [0.25, 0.3) is 0 Å². The molecule has 1 aliphatic heterocycles. The minimum atomic E-state index is 0.258. The van der Waals surface area contributed by atoms with Crippen LogP contribution in [0.5, 0.6) is 0 Å². The van der Waals surface area contributed by atoms with Gasteiger partial charge in [0.2, 0.25) is 18.1 Å². The zero-order valence-corrected chi connectivity index (χ0v) is 10.6.